The Bertz CT molecular complexity index is 703. The number of allylic oxidation sites excluding steroid dienone is 2. The molecule has 1 N–H and O–H groups in total. The van der Waals surface area contributed by atoms with Gasteiger partial charge in [0.05, 0.1) is 5.02 Å². The number of benzene rings is 2. The fourth-order valence-corrected chi connectivity index (χ4v) is 2.57. The topological polar surface area (TPSA) is 29.5 Å². The Morgan fingerprint density at radius 2 is 1.87 bits per heavy atom. The van der Waals surface area contributed by atoms with Gasteiger partial charge < -0.3 is 9.84 Å². The van der Waals surface area contributed by atoms with Crippen LogP contribution in [0.15, 0.2) is 60.7 Å². The number of hydrogen-bond acceptors (Lipinski definition) is 2. The minimum Gasteiger partial charge on any atom is -0.508 e. The van der Waals surface area contributed by atoms with Crippen LogP contribution in [-0.2, 0) is 11.3 Å². The lowest BCUT2D eigenvalue weighted by atomic mass is 10.0. The fourth-order valence-electron chi connectivity index (χ4n) is 2.30. The van der Waals surface area contributed by atoms with Crippen LogP contribution in [0.2, 0.25) is 5.02 Å². The summed E-state index contributed by atoms with van der Waals surface area (Å²) in [5, 5.41) is 10.7. The Balaban J connectivity index is 2.37. The van der Waals surface area contributed by atoms with Gasteiger partial charge in [-0.15, -0.1) is 0 Å². The summed E-state index contributed by atoms with van der Waals surface area (Å²) in [5.41, 5.74) is 2.48. The first-order chi connectivity index (χ1) is 11.2. The van der Waals surface area contributed by atoms with Gasteiger partial charge in [-0.05, 0) is 37.1 Å². The number of aliphatic hydroxyl groups is 1. The zero-order valence-electron chi connectivity index (χ0n) is 13.4. The van der Waals surface area contributed by atoms with Crippen LogP contribution >= 0.6 is 11.6 Å². The second-order valence-electron chi connectivity index (χ2n) is 5.09. The highest BCUT2D eigenvalue weighted by Gasteiger charge is 2.15. The van der Waals surface area contributed by atoms with Gasteiger partial charge in [0.1, 0.15) is 18.1 Å². The molecule has 2 aromatic carbocycles. The van der Waals surface area contributed by atoms with E-state index in [1.165, 1.54) is 0 Å². The molecule has 0 saturated carbocycles. The van der Waals surface area contributed by atoms with Crippen LogP contribution in [0.4, 0.5) is 0 Å². The van der Waals surface area contributed by atoms with E-state index in [4.69, 9.17) is 16.3 Å². The lowest BCUT2D eigenvalue weighted by molar-refractivity contribution is 0.263. The maximum atomic E-state index is 10.2. The van der Waals surface area contributed by atoms with E-state index >= 15 is 0 Å². The minimum absolute atomic E-state index is 0.188. The summed E-state index contributed by atoms with van der Waals surface area (Å²) in [5.74, 6) is 0.873. The number of ether oxygens (including phenoxy) is 1. The SMILES string of the molecule is CC=C(O)c1cccc(Cl)c1C(=CCC)OCc1ccccc1. The predicted molar refractivity (Wildman–Crippen MR) is 97.2 cm³/mol. The summed E-state index contributed by atoms with van der Waals surface area (Å²) in [6.45, 7) is 4.28. The smallest absolute Gasteiger partial charge is 0.125 e. The maximum absolute atomic E-state index is 10.2. The van der Waals surface area contributed by atoms with Crippen molar-refractivity contribution >= 4 is 23.1 Å². The number of hydrogen-bond donors (Lipinski definition) is 1. The molecular weight excluding hydrogens is 308 g/mol. The van der Waals surface area contributed by atoms with Crippen LogP contribution in [-0.4, -0.2) is 5.11 Å². The van der Waals surface area contributed by atoms with Crippen molar-refractivity contribution in [2.24, 2.45) is 0 Å². The average Bonchev–Trinajstić information content (AvgIpc) is 2.59. The first-order valence-corrected chi connectivity index (χ1v) is 8.06. The van der Waals surface area contributed by atoms with Crippen molar-refractivity contribution in [2.75, 3.05) is 0 Å². The molecule has 0 aromatic heterocycles. The molecule has 0 atom stereocenters. The van der Waals surface area contributed by atoms with Gasteiger partial charge in [-0.2, -0.15) is 0 Å². The molecule has 0 spiro atoms. The van der Waals surface area contributed by atoms with Crippen LogP contribution in [0.25, 0.3) is 11.5 Å². The van der Waals surface area contributed by atoms with Crippen LogP contribution in [0.5, 0.6) is 0 Å². The molecule has 0 aliphatic rings. The molecule has 0 radical (unpaired) electrons. The number of halogens is 1. The van der Waals surface area contributed by atoms with Gasteiger partial charge >= 0.3 is 0 Å². The Morgan fingerprint density at radius 3 is 2.52 bits per heavy atom. The Hall–Kier alpha value is -2.19. The summed E-state index contributed by atoms with van der Waals surface area (Å²) in [6, 6.07) is 15.4. The van der Waals surface area contributed by atoms with Gasteiger partial charge in [0.25, 0.3) is 0 Å². The van der Waals surface area contributed by atoms with Crippen LogP contribution in [0, 0.1) is 0 Å². The van der Waals surface area contributed by atoms with Gasteiger partial charge in [0.2, 0.25) is 0 Å². The van der Waals surface area contributed by atoms with Crippen molar-refractivity contribution in [3.05, 3.63) is 82.4 Å². The Morgan fingerprint density at radius 1 is 1.13 bits per heavy atom. The largest absolute Gasteiger partial charge is 0.508 e. The maximum Gasteiger partial charge on any atom is 0.125 e. The number of rotatable bonds is 6. The summed E-state index contributed by atoms with van der Waals surface area (Å²) in [6.07, 6.45) is 4.44. The molecule has 0 fully saturated rings. The molecule has 2 aromatic rings. The summed E-state index contributed by atoms with van der Waals surface area (Å²) < 4.78 is 6.01. The van der Waals surface area contributed by atoms with Crippen molar-refractivity contribution in [3.8, 4) is 0 Å². The van der Waals surface area contributed by atoms with Gasteiger partial charge in [-0.1, -0.05) is 61.0 Å². The molecule has 0 aliphatic carbocycles. The van der Waals surface area contributed by atoms with Crippen molar-refractivity contribution in [3.63, 3.8) is 0 Å². The summed E-state index contributed by atoms with van der Waals surface area (Å²) >= 11 is 6.38. The Kier molecular flexibility index (Phi) is 6.30. The highest BCUT2D eigenvalue weighted by Crippen LogP contribution is 2.32. The zero-order valence-corrected chi connectivity index (χ0v) is 14.2. The lowest BCUT2D eigenvalue weighted by Gasteiger charge is -2.16. The van der Waals surface area contributed by atoms with Crippen molar-refractivity contribution in [2.45, 2.75) is 26.9 Å². The molecule has 0 saturated heterocycles. The third-order valence-corrected chi connectivity index (χ3v) is 3.75. The van der Waals surface area contributed by atoms with E-state index in [9.17, 15) is 5.11 Å². The standard InChI is InChI=1S/C20H21ClO2/c1-3-9-19(23-14-15-10-6-5-7-11-15)20-16(18(22)4-2)12-8-13-17(20)21/h4-13,22H,3,14H2,1-2H3. The monoisotopic (exact) mass is 328 g/mol. The number of aliphatic hydroxyl groups excluding tert-OH is 1. The van der Waals surface area contributed by atoms with Crippen LogP contribution in [0.3, 0.4) is 0 Å². The fraction of sp³-hybridized carbons (Fsp3) is 0.200. The van der Waals surface area contributed by atoms with Crippen molar-refractivity contribution in [1.29, 1.82) is 0 Å². The summed E-state index contributed by atoms with van der Waals surface area (Å²) in [7, 11) is 0. The first-order valence-electron chi connectivity index (χ1n) is 7.68. The predicted octanol–water partition coefficient (Wildman–Crippen LogP) is 6.23. The van der Waals surface area contributed by atoms with Gasteiger partial charge in [-0.3, -0.25) is 0 Å². The molecule has 3 heteroatoms. The first kappa shape index (κ1) is 17.2. The van der Waals surface area contributed by atoms with E-state index in [1.54, 1.807) is 19.1 Å². The van der Waals surface area contributed by atoms with Gasteiger partial charge in [-0.25, -0.2) is 0 Å². The summed E-state index contributed by atoms with van der Waals surface area (Å²) in [4.78, 5) is 0. The molecular formula is C20H21ClO2. The molecule has 0 aliphatic heterocycles. The average molecular weight is 329 g/mol. The van der Waals surface area contributed by atoms with E-state index in [0.29, 0.717) is 23.0 Å². The van der Waals surface area contributed by atoms with Crippen molar-refractivity contribution < 1.29 is 9.84 Å². The zero-order chi connectivity index (χ0) is 16.7. The highest BCUT2D eigenvalue weighted by molar-refractivity contribution is 6.32. The van der Waals surface area contributed by atoms with Crippen LogP contribution in [0.1, 0.15) is 37.0 Å². The van der Waals surface area contributed by atoms with E-state index in [1.807, 2.05) is 55.5 Å². The molecule has 0 bridgehead atoms. The second kappa shape index (κ2) is 8.44. The minimum atomic E-state index is 0.188. The van der Waals surface area contributed by atoms with E-state index in [0.717, 1.165) is 17.5 Å². The molecule has 120 valence electrons. The molecule has 2 nitrogen and oxygen atoms in total. The molecule has 2 rings (SSSR count). The molecule has 0 unspecified atom stereocenters. The lowest BCUT2D eigenvalue weighted by Crippen LogP contribution is -1.99. The third kappa shape index (κ3) is 4.40. The van der Waals surface area contributed by atoms with E-state index in [-0.39, 0.29) is 5.76 Å². The Labute approximate surface area is 142 Å². The van der Waals surface area contributed by atoms with Crippen molar-refractivity contribution in [1.82, 2.24) is 0 Å². The molecule has 0 amide bonds. The second-order valence-corrected chi connectivity index (χ2v) is 5.49. The quantitative estimate of drug-likeness (QED) is 0.637. The highest BCUT2D eigenvalue weighted by atomic mass is 35.5. The van der Waals surface area contributed by atoms with E-state index in [2.05, 4.69) is 0 Å². The normalized spacial score (nSPS) is 12.3. The third-order valence-electron chi connectivity index (χ3n) is 3.44. The molecule has 23 heavy (non-hydrogen) atoms. The van der Waals surface area contributed by atoms with Gasteiger partial charge in [0, 0.05) is 11.1 Å². The van der Waals surface area contributed by atoms with Crippen LogP contribution < -0.4 is 0 Å². The van der Waals surface area contributed by atoms with E-state index < -0.39 is 0 Å². The molecule has 0 heterocycles. The van der Waals surface area contributed by atoms with Gasteiger partial charge in [0.15, 0.2) is 0 Å².